The highest BCUT2D eigenvalue weighted by Gasteiger charge is 2.20. The van der Waals surface area contributed by atoms with Gasteiger partial charge in [0.25, 0.3) is 0 Å². The van der Waals surface area contributed by atoms with Gasteiger partial charge in [0.1, 0.15) is 0 Å². The number of nitrogens with zero attached hydrogens (tertiary/aromatic N) is 3. The fraction of sp³-hybridized carbons (Fsp3) is 0.786. The molecular formula is C14H25N3O2. The highest BCUT2D eigenvalue weighted by Crippen LogP contribution is 2.15. The zero-order valence-electron chi connectivity index (χ0n) is 12.0. The average molecular weight is 267 g/mol. The number of hydrogen-bond donors (Lipinski definition) is 1. The summed E-state index contributed by atoms with van der Waals surface area (Å²) >= 11 is 0. The fourth-order valence-corrected chi connectivity index (χ4v) is 2.59. The maximum Gasteiger partial charge on any atom is 0.0933 e. The van der Waals surface area contributed by atoms with E-state index in [0.29, 0.717) is 12.6 Å². The molecule has 1 aliphatic rings. The second kappa shape index (κ2) is 7.03. The van der Waals surface area contributed by atoms with Gasteiger partial charge in [-0.3, -0.25) is 9.58 Å². The standard InChI is InChI=1S/C14H25N3O2/c1-3-13(4-2)17-6-5-12(15-17)9-16-7-8-19-14(10-16)11-18/h5-6,13-14,18H,3-4,7-11H2,1-2H3. The first-order valence-electron chi connectivity index (χ1n) is 7.25. The predicted octanol–water partition coefficient (Wildman–Crippen LogP) is 1.44. The molecule has 2 rings (SSSR count). The molecule has 2 heterocycles. The summed E-state index contributed by atoms with van der Waals surface area (Å²) in [6, 6.07) is 2.60. The number of hydrogen-bond acceptors (Lipinski definition) is 4. The van der Waals surface area contributed by atoms with Crippen LogP contribution in [0.5, 0.6) is 0 Å². The summed E-state index contributed by atoms with van der Waals surface area (Å²) in [4.78, 5) is 2.30. The highest BCUT2D eigenvalue weighted by molar-refractivity contribution is 5.00. The molecule has 5 heteroatoms. The fourth-order valence-electron chi connectivity index (χ4n) is 2.59. The van der Waals surface area contributed by atoms with Gasteiger partial charge in [-0.15, -0.1) is 0 Å². The van der Waals surface area contributed by atoms with Gasteiger partial charge in [-0.25, -0.2) is 0 Å². The van der Waals surface area contributed by atoms with E-state index in [4.69, 9.17) is 9.84 Å². The number of rotatable bonds is 6. The molecule has 108 valence electrons. The Hall–Kier alpha value is -0.910. The second-order valence-electron chi connectivity index (χ2n) is 5.17. The maximum atomic E-state index is 9.14. The first-order chi connectivity index (χ1) is 9.26. The van der Waals surface area contributed by atoms with E-state index < -0.39 is 0 Å². The van der Waals surface area contributed by atoms with Crippen molar-refractivity contribution in [2.45, 2.75) is 45.4 Å². The lowest BCUT2D eigenvalue weighted by Crippen LogP contribution is -2.43. The molecule has 1 N–H and O–H groups in total. The molecule has 0 saturated carbocycles. The summed E-state index contributed by atoms with van der Waals surface area (Å²) in [5.41, 5.74) is 1.10. The minimum Gasteiger partial charge on any atom is -0.394 e. The maximum absolute atomic E-state index is 9.14. The monoisotopic (exact) mass is 267 g/mol. The van der Waals surface area contributed by atoms with Crippen LogP contribution in [0.2, 0.25) is 0 Å². The van der Waals surface area contributed by atoms with Crippen molar-refractivity contribution in [3.05, 3.63) is 18.0 Å². The van der Waals surface area contributed by atoms with E-state index in [9.17, 15) is 0 Å². The molecule has 19 heavy (non-hydrogen) atoms. The molecule has 0 spiro atoms. The number of ether oxygens (including phenoxy) is 1. The summed E-state index contributed by atoms with van der Waals surface area (Å²) < 4.78 is 7.54. The summed E-state index contributed by atoms with van der Waals surface area (Å²) in [6.07, 6.45) is 4.26. The summed E-state index contributed by atoms with van der Waals surface area (Å²) in [5.74, 6) is 0. The van der Waals surface area contributed by atoms with E-state index in [1.807, 2.05) is 0 Å². The Balaban J connectivity index is 1.92. The molecule has 0 radical (unpaired) electrons. The number of aliphatic hydroxyl groups is 1. The van der Waals surface area contributed by atoms with Crippen LogP contribution in [0, 0.1) is 0 Å². The van der Waals surface area contributed by atoms with Crippen molar-refractivity contribution < 1.29 is 9.84 Å². The van der Waals surface area contributed by atoms with Crippen LogP contribution in [-0.2, 0) is 11.3 Å². The lowest BCUT2D eigenvalue weighted by Gasteiger charge is -2.31. The van der Waals surface area contributed by atoms with E-state index in [1.165, 1.54) is 0 Å². The molecule has 1 aromatic rings. The lowest BCUT2D eigenvalue weighted by atomic mass is 10.2. The van der Waals surface area contributed by atoms with E-state index in [1.54, 1.807) is 0 Å². The van der Waals surface area contributed by atoms with Gasteiger partial charge in [0.05, 0.1) is 31.1 Å². The Kier molecular flexibility index (Phi) is 5.36. The smallest absolute Gasteiger partial charge is 0.0933 e. The minimum atomic E-state index is -0.0464. The Labute approximate surface area is 115 Å². The van der Waals surface area contributed by atoms with Crippen molar-refractivity contribution in [1.82, 2.24) is 14.7 Å². The predicted molar refractivity (Wildman–Crippen MR) is 73.9 cm³/mol. The van der Waals surface area contributed by atoms with Crippen LogP contribution in [0.4, 0.5) is 0 Å². The molecule has 1 aliphatic heterocycles. The minimum absolute atomic E-state index is 0.0464. The molecular weight excluding hydrogens is 242 g/mol. The molecule has 1 atom stereocenters. The van der Waals surface area contributed by atoms with Gasteiger partial charge >= 0.3 is 0 Å². The third kappa shape index (κ3) is 3.78. The second-order valence-corrected chi connectivity index (χ2v) is 5.17. The summed E-state index contributed by atoms with van der Waals surface area (Å²) in [6.45, 7) is 7.72. The van der Waals surface area contributed by atoms with Crippen molar-refractivity contribution in [1.29, 1.82) is 0 Å². The summed E-state index contributed by atoms with van der Waals surface area (Å²) in [7, 11) is 0. The van der Waals surface area contributed by atoms with E-state index in [0.717, 1.165) is 38.2 Å². The first-order valence-corrected chi connectivity index (χ1v) is 7.25. The van der Waals surface area contributed by atoms with Crippen LogP contribution in [0.1, 0.15) is 38.4 Å². The molecule has 0 bridgehead atoms. The van der Waals surface area contributed by atoms with Gasteiger partial charge in [0.15, 0.2) is 0 Å². The molecule has 0 amide bonds. The molecule has 0 aromatic carbocycles. The lowest BCUT2D eigenvalue weighted by molar-refractivity contribution is -0.0554. The van der Waals surface area contributed by atoms with Crippen molar-refractivity contribution in [2.75, 3.05) is 26.3 Å². The third-order valence-corrected chi connectivity index (χ3v) is 3.79. The summed E-state index contributed by atoms with van der Waals surface area (Å²) in [5, 5.41) is 13.8. The molecule has 1 fully saturated rings. The van der Waals surface area contributed by atoms with Crippen molar-refractivity contribution in [3.8, 4) is 0 Å². The van der Waals surface area contributed by atoms with Crippen molar-refractivity contribution in [2.24, 2.45) is 0 Å². The molecule has 0 aliphatic carbocycles. The van der Waals surface area contributed by atoms with Crippen LogP contribution >= 0.6 is 0 Å². The number of aliphatic hydroxyl groups excluding tert-OH is 1. The number of aromatic nitrogens is 2. The molecule has 1 unspecified atom stereocenters. The normalized spacial score (nSPS) is 21.2. The van der Waals surface area contributed by atoms with Crippen molar-refractivity contribution in [3.63, 3.8) is 0 Å². The van der Waals surface area contributed by atoms with Gasteiger partial charge < -0.3 is 9.84 Å². The van der Waals surface area contributed by atoms with E-state index in [-0.39, 0.29) is 12.7 Å². The Morgan fingerprint density at radius 1 is 1.47 bits per heavy atom. The average Bonchev–Trinajstić information content (AvgIpc) is 2.89. The van der Waals surface area contributed by atoms with Gasteiger partial charge in [0, 0.05) is 25.8 Å². The van der Waals surface area contributed by atoms with Crippen LogP contribution in [0.15, 0.2) is 12.3 Å². The Morgan fingerprint density at radius 3 is 2.95 bits per heavy atom. The van der Waals surface area contributed by atoms with E-state index in [2.05, 4.69) is 40.8 Å². The SMILES string of the molecule is CCC(CC)n1ccc(CN2CCOC(CO)C2)n1. The van der Waals surface area contributed by atoms with Gasteiger partial charge in [-0.2, -0.15) is 5.10 Å². The highest BCUT2D eigenvalue weighted by atomic mass is 16.5. The van der Waals surface area contributed by atoms with E-state index >= 15 is 0 Å². The van der Waals surface area contributed by atoms with Crippen LogP contribution in [-0.4, -0.2) is 52.2 Å². The third-order valence-electron chi connectivity index (χ3n) is 3.79. The van der Waals surface area contributed by atoms with Gasteiger partial charge in [-0.05, 0) is 18.9 Å². The van der Waals surface area contributed by atoms with Gasteiger partial charge in [0.2, 0.25) is 0 Å². The largest absolute Gasteiger partial charge is 0.394 e. The molecule has 1 saturated heterocycles. The van der Waals surface area contributed by atoms with Crippen molar-refractivity contribution >= 4 is 0 Å². The zero-order valence-corrected chi connectivity index (χ0v) is 12.0. The molecule has 1 aromatic heterocycles. The quantitative estimate of drug-likeness (QED) is 0.847. The zero-order chi connectivity index (χ0) is 13.7. The van der Waals surface area contributed by atoms with Crippen LogP contribution < -0.4 is 0 Å². The van der Waals surface area contributed by atoms with Crippen LogP contribution in [0.25, 0.3) is 0 Å². The van der Waals surface area contributed by atoms with Gasteiger partial charge in [-0.1, -0.05) is 13.8 Å². The number of morpholine rings is 1. The topological polar surface area (TPSA) is 50.5 Å². The van der Waals surface area contributed by atoms with Crippen LogP contribution in [0.3, 0.4) is 0 Å². The molecule has 5 nitrogen and oxygen atoms in total. The first kappa shape index (κ1) is 14.5. The Bertz CT molecular complexity index is 377. The Morgan fingerprint density at radius 2 is 2.26 bits per heavy atom.